The smallest absolute Gasteiger partial charge is 0.359 e. The molecule has 3 aromatic carbocycles. The largest absolute Gasteiger partial charge is 0.422 e. The van der Waals surface area contributed by atoms with Crippen LogP contribution in [0, 0.1) is 13.8 Å². The fourth-order valence-electron chi connectivity index (χ4n) is 4.34. The van der Waals surface area contributed by atoms with Crippen LogP contribution in [-0.4, -0.2) is 12.0 Å². The van der Waals surface area contributed by atoms with Crippen molar-refractivity contribution in [2.24, 2.45) is 0 Å². The van der Waals surface area contributed by atoms with E-state index >= 15 is 0 Å². The Hall–Kier alpha value is -3.53. The van der Waals surface area contributed by atoms with Crippen LogP contribution in [0.25, 0.3) is 0 Å². The molecule has 4 heteroatoms. The summed E-state index contributed by atoms with van der Waals surface area (Å²) in [5.74, 6) is 0.982. The normalized spacial score (nSPS) is 13.0. The van der Waals surface area contributed by atoms with E-state index in [2.05, 4.69) is 108 Å². The number of aryl methyl sites for hydroxylation is 2. The molecule has 29 heavy (non-hydrogen) atoms. The van der Waals surface area contributed by atoms with Crippen molar-refractivity contribution in [1.29, 1.82) is 0 Å². The van der Waals surface area contributed by atoms with Crippen LogP contribution < -0.4 is 15.1 Å². The van der Waals surface area contributed by atoms with Crippen LogP contribution in [0.2, 0.25) is 0 Å². The van der Waals surface area contributed by atoms with Gasteiger partial charge in [0.25, 0.3) is 0 Å². The number of para-hydroxylation sites is 2. The first kappa shape index (κ1) is 17.6. The summed E-state index contributed by atoms with van der Waals surface area (Å²) in [6.07, 6.45) is 1.88. The molecule has 0 spiro atoms. The zero-order valence-corrected chi connectivity index (χ0v) is 16.7. The summed E-state index contributed by atoms with van der Waals surface area (Å²) in [5, 5.41) is 0. The zero-order valence-electron chi connectivity index (χ0n) is 16.7. The maximum Gasteiger partial charge on any atom is 0.422 e. The fourth-order valence-corrected chi connectivity index (χ4v) is 4.34. The topological polar surface area (TPSA) is 19.4 Å². The summed E-state index contributed by atoms with van der Waals surface area (Å²) in [5.41, 5.74) is 7.30. The van der Waals surface area contributed by atoms with Crippen LogP contribution in [0.4, 0.5) is 22.9 Å². The second kappa shape index (κ2) is 7.14. The second-order valence-corrected chi connectivity index (χ2v) is 7.44. The van der Waals surface area contributed by atoms with Crippen molar-refractivity contribution in [3.63, 3.8) is 0 Å². The van der Waals surface area contributed by atoms with E-state index in [1.54, 1.807) is 0 Å². The predicted octanol–water partition coefficient (Wildman–Crippen LogP) is 5.38. The van der Waals surface area contributed by atoms with Crippen molar-refractivity contribution in [2.75, 3.05) is 9.62 Å². The van der Waals surface area contributed by atoms with Crippen LogP contribution in [0.3, 0.4) is 0 Å². The van der Waals surface area contributed by atoms with Crippen LogP contribution >= 0.6 is 0 Å². The van der Waals surface area contributed by atoms with Gasteiger partial charge >= 0.3 is 6.98 Å². The molecular weight excluding hydrogens is 353 g/mol. The number of fused-ring (bicyclic) bond motifs is 1. The van der Waals surface area contributed by atoms with Crippen molar-refractivity contribution in [1.82, 2.24) is 4.98 Å². The number of pyridine rings is 1. The molecule has 0 fully saturated rings. The Morgan fingerprint density at radius 1 is 0.621 bits per heavy atom. The summed E-state index contributed by atoms with van der Waals surface area (Å²) in [4.78, 5) is 9.58. The molecule has 0 unspecified atom stereocenters. The third kappa shape index (κ3) is 2.88. The molecule has 0 saturated heterocycles. The van der Waals surface area contributed by atoms with Gasteiger partial charge in [0.05, 0.1) is 5.69 Å². The van der Waals surface area contributed by atoms with E-state index in [-0.39, 0.29) is 6.98 Å². The highest BCUT2D eigenvalue weighted by Crippen LogP contribution is 2.44. The first-order chi connectivity index (χ1) is 14.3. The van der Waals surface area contributed by atoms with Gasteiger partial charge in [-0.05, 0) is 55.7 Å². The van der Waals surface area contributed by atoms with Crippen LogP contribution in [-0.2, 0) is 0 Å². The Labute approximate surface area is 172 Å². The molecule has 0 saturated carbocycles. The summed E-state index contributed by atoms with van der Waals surface area (Å²) < 4.78 is 0. The van der Waals surface area contributed by atoms with E-state index in [0.29, 0.717) is 0 Å². The first-order valence-corrected chi connectivity index (χ1v) is 9.95. The molecular formula is C25H22BN3. The zero-order chi connectivity index (χ0) is 19.8. The Bertz CT molecular complexity index is 1060. The van der Waals surface area contributed by atoms with E-state index in [4.69, 9.17) is 4.98 Å². The highest BCUT2D eigenvalue weighted by molar-refractivity contribution is 6.85. The van der Waals surface area contributed by atoms with Gasteiger partial charge in [-0.15, -0.1) is 0 Å². The first-order valence-electron chi connectivity index (χ1n) is 9.95. The van der Waals surface area contributed by atoms with Gasteiger partial charge in [0, 0.05) is 17.6 Å². The number of rotatable bonds is 3. The second-order valence-electron chi connectivity index (χ2n) is 7.44. The molecule has 0 atom stereocenters. The van der Waals surface area contributed by atoms with Gasteiger partial charge in [0.15, 0.2) is 0 Å². The standard InChI is InChI=1S/C25H22BN3/c1-19-11-9-12-20(2)24(19)26-28(21-13-5-3-6-14-21)23-17-10-18-27-25(23)29(26)22-15-7-4-8-16-22/h3-18H,1-2H3. The highest BCUT2D eigenvalue weighted by atomic mass is 15.3. The van der Waals surface area contributed by atoms with Gasteiger partial charge in [-0.3, -0.25) is 0 Å². The SMILES string of the molecule is Cc1cccc(C)c1B1N(c2ccccc2)c2cccnc2N1c1ccccc1. The van der Waals surface area contributed by atoms with Crippen molar-refractivity contribution in [2.45, 2.75) is 13.8 Å². The summed E-state index contributed by atoms with van der Waals surface area (Å²) in [6.45, 7) is 4.39. The van der Waals surface area contributed by atoms with Gasteiger partial charge in [-0.2, -0.15) is 0 Å². The monoisotopic (exact) mass is 375 g/mol. The van der Waals surface area contributed by atoms with E-state index in [0.717, 1.165) is 22.9 Å². The molecule has 0 amide bonds. The number of benzene rings is 3. The molecule has 1 aromatic heterocycles. The van der Waals surface area contributed by atoms with Gasteiger partial charge < -0.3 is 9.62 Å². The maximum atomic E-state index is 4.81. The molecule has 0 radical (unpaired) electrons. The van der Waals surface area contributed by atoms with Gasteiger partial charge in [0.1, 0.15) is 5.82 Å². The molecule has 2 heterocycles. The highest BCUT2D eigenvalue weighted by Gasteiger charge is 2.45. The maximum absolute atomic E-state index is 4.81. The Balaban J connectivity index is 1.82. The molecule has 140 valence electrons. The lowest BCUT2D eigenvalue weighted by Crippen LogP contribution is -2.55. The van der Waals surface area contributed by atoms with E-state index < -0.39 is 0 Å². The Morgan fingerprint density at radius 3 is 1.83 bits per heavy atom. The van der Waals surface area contributed by atoms with Crippen molar-refractivity contribution in [3.8, 4) is 0 Å². The van der Waals surface area contributed by atoms with E-state index in [1.165, 1.54) is 16.6 Å². The lowest BCUT2D eigenvalue weighted by atomic mass is 9.61. The molecule has 5 rings (SSSR count). The summed E-state index contributed by atoms with van der Waals surface area (Å²) in [7, 11) is 0. The number of nitrogens with zero attached hydrogens (tertiary/aromatic N) is 3. The van der Waals surface area contributed by atoms with E-state index in [1.807, 2.05) is 12.3 Å². The van der Waals surface area contributed by atoms with E-state index in [9.17, 15) is 0 Å². The van der Waals surface area contributed by atoms with Gasteiger partial charge in [-0.25, -0.2) is 4.98 Å². The average Bonchev–Trinajstić information content (AvgIpc) is 3.09. The fraction of sp³-hybridized carbons (Fsp3) is 0.0800. The van der Waals surface area contributed by atoms with Crippen LogP contribution in [0.1, 0.15) is 11.1 Å². The number of hydrogen-bond acceptors (Lipinski definition) is 3. The molecule has 0 N–H and O–H groups in total. The lowest BCUT2D eigenvalue weighted by Gasteiger charge is -2.31. The molecule has 1 aliphatic rings. The van der Waals surface area contributed by atoms with Crippen molar-refractivity contribution < 1.29 is 0 Å². The molecule has 1 aliphatic heterocycles. The Kier molecular flexibility index (Phi) is 4.32. The summed E-state index contributed by atoms with van der Waals surface area (Å²) in [6, 6.07) is 31.9. The van der Waals surface area contributed by atoms with Gasteiger partial charge in [0.2, 0.25) is 0 Å². The number of anilines is 4. The number of aromatic nitrogens is 1. The predicted molar refractivity (Wildman–Crippen MR) is 123 cm³/mol. The minimum absolute atomic E-state index is 0.00843. The van der Waals surface area contributed by atoms with Crippen molar-refractivity contribution in [3.05, 3.63) is 108 Å². The van der Waals surface area contributed by atoms with Crippen molar-refractivity contribution >= 4 is 35.3 Å². The van der Waals surface area contributed by atoms with Crippen LogP contribution in [0.15, 0.2) is 97.2 Å². The Morgan fingerprint density at radius 2 is 1.21 bits per heavy atom. The molecule has 4 aromatic rings. The number of hydrogen-bond donors (Lipinski definition) is 0. The third-order valence-corrected chi connectivity index (χ3v) is 5.61. The average molecular weight is 375 g/mol. The molecule has 0 aliphatic carbocycles. The minimum atomic E-state index is -0.00843. The molecule has 0 bridgehead atoms. The minimum Gasteiger partial charge on any atom is -0.359 e. The lowest BCUT2D eigenvalue weighted by molar-refractivity contribution is 1.26. The quantitative estimate of drug-likeness (QED) is 0.448. The third-order valence-electron chi connectivity index (χ3n) is 5.61. The van der Waals surface area contributed by atoms with Gasteiger partial charge in [-0.1, -0.05) is 65.7 Å². The molecule has 3 nitrogen and oxygen atoms in total. The summed E-state index contributed by atoms with van der Waals surface area (Å²) >= 11 is 0. The van der Waals surface area contributed by atoms with Crippen LogP contribution in [0.5, 0.6) is 0 Å².